The Balaban J connectivity index is 0.000000138. The van der Waals surface area contributed by atoms with Gasteiger partial charge in [-0.2, -0.15) is 0 Å². The summed E-state index contributed by atoms with van der Waals surface area (Å²) < 4.78 is 151. The fraction of sp³-hybridized carbons (Fsp3) is 0.595. The minimum atomic E-state index is -3.06. The topological polar surface area (TPSA) is 449 Å². The maximum Gasteiger partial charge on any atom is 0.331 e. The van der Waals surface area contributed by atoms with E-state index in [4.69, 9.17) is 0 Å². The summed E-state index contributed by atoms with van der Waals surface area (Å²) in [6, 6.07) is 0. The van der Waals surface area contributed by atoms with Gasteiger partial charge in [-0.25, -0.2) is 97.2 Å². The SMILES string of the molecule is Cn1c(=O)c2nc(C(F)F)[nH]c(=O)c2n(CCC2CCC2)c1=O.Cn1c(=O)c2nc(C(F)F)[nH]c(=O)c2n(CCCC2(C)CC2)c1=O.Cn1c(=O)c2nc(C(F)F)[nH]c(=O)c2n(CCCC2(C3CC3)CC2)c1=O.Cn1c(=O)c2nc(C(F)F)[nH]c(=O)c2n(CCCC2(F)CC2)c1=O.Cn1c(=O)c2nc(C(F)F)[nH]c(=O)c2n(CCCC2CC2)c1=O. The van der Waals surface area contributed by atoms with E-state index in [1.165, 1.54) is 78.3 Å². The molecule has 0 saturated heterocycles. The lowest BCUT2D eigenvalue weighted by Gasteiger charge is -2.25. The van der Waals surface area contributed by atoms with Crippen molar-refractivity contribution >= 4 is 55.2 Å². The van der Waals surface area contributed by atoms with Gasteiger partial charge < -0.3 is 24.9 Å². The minimum Gasteiger partial charge on any atom is -0.304 e. The van der Waals surface area contributed by atoms with Gasteiger partial charge in [0.25, 0.3) is 87.7 Å². The van der Waals surface area contributed by atoms with Crippen LogP contribution in [0.25, 0.3) is 55.2 Å². The van der Waals surface area contributed by atoms with E-state index in [-0.39, 0.29) is 78.6 Å². The van der Waals surface area contributed by atoms with E-state index in [0.717, 1.165) is 93.8 Å². The molecular formula is C74H85F11N20O15. The van der Waals surface area contributed by atoms with Crippen LogP contribution in [-0.4, -0.2) is 101 Å². The van der Waals surface area contributed by atoms with Gasteiger partial charge in [0, 0.05) is 68.0 Å². The van der Waals surface area contributed by atoms with Gasteiger partial charge in [-0.1, -0.05) is 39.0 Å². The Bertz CT molecular complexity index is 6520. The summed E-state index contributed by atoms with van der Waals surface area (Å²) in [6.45, 7) is 3.14. The van der Waals surface area contributed by atoms with Crippen molar-refractivity contribution in [3.05, 3.63) is 185 Å². The maximum absolute atomic E-state index is 13.7. The van der Waals surface area contributed by atoms with Crippen LogP contribution in [0, 0.1) is 28.6 Å². The number of aryl methyl sites for hydroxylation is 5. The number of aromatic amines is 5. The third kappa shape index (κ3) is 18.4. The molecule has 0 spiro atoms. The van der Waals surface area contributed by atoms with Gasteiger partial charge in [0.05, 0.1) is 0 Å². The smallest absolute Gasteiger partial charge is 0.304 e. The second kappa shape index (κ2) is 34.6. The largest absolute Gasteiger partial charge is 0.331 e. The number of nitrogens with one attached hydrogen (secondary N) is 5. The Morgan fingerprint density at radius 3 is 0.842 bits per heavy atom. The molecule has 6 aliphatic carbocycles. The number of rotatable bonds is 25. The van der Waals surface area contributed by atoms with Crippen molar-refractivity contribution in [3.63, 3.8) is 0 Å². The van der Waals surface area contributed by atoms with Gasteiger partial charge >= 0.3 is 28.4 Å². The molecule has 0 amide bonds. The predicted octanol–water partition coefficient (Wildman–Crippen LogP) is 5.82. The molecule has 6 aliphatic rings. The molecule has 0 bridgehead atoms. The number of alkyl halides is 11. The van der Waals surface area contributed by atoms with Crippen molar-refractivity contribution in [2.75, 3.05) is 0 Å². The van der Waals surface area contributed by atoms with E-state index in [1.807, 2.05) is 24.9 Å². The Kier molecular flexibility index (Phi) is 25.3. The van der Waals surface area contributed by atoms with E-state index in [1.54, 1.807) is 0 Å². The average Bonchev–Trinajstić information content (AvgIpc) is 1.54. The number of H-pyrrole nitrogens is 5. The van der Waals surface area contributed by atoms with Crippen molar-refractivity contribution in [1.82, 2.24) is 95.5 Å². The molecule has 0 aromatic carbocycles. The molecule has 0 unspecified atom stereocenters. The molecule has 648 valence electrons. The summed E-state index contributed by atoms with van der Waals surface area (Å²) in [5.74, 6) is -2.49. The van der Waals surface area contributed by atoms with E-state index < -0.39 is 179 Å². The second-order valence-corrected chi connectivity index (χ2v) is 31.8. The quantitative estimate of drug-likeness (QED) is 0.0421. The number of aromatic nitrogens is 20. The average molecular weight is 1700 g/mol. The number of nitrogens with zero attached hydrogens (tertiary/aromatic N) is 15. The zero-order valence-corrected chi connectivity index (χ0v) is 65.7. The minimum absolute atomic E-state index is 0.00604. The van der Waals surface area contributed by atoms with Crippen molar-refractivity contribution < 1.29 is 48.3 Å². The number of hydrogen-bond donors (Lipinski definition) is 5. The van der Waals surface area contributed by atoms with Crippen LogP contribution in [0.4, 0.5) is 48.3 Å². The lowest BCUT2D eigenvalue weighted by molar-refractivity contribution is 0.140. The van der Waals surface area contributed by atoms with Crippen LogP contribution >= 0.6 is 0 Å². The third-order valence-corrected chi connectivity index (χ3v) is 23.2. The van der Waals surface area contributed by atoms with E-state index in [9.17, 15) is 120 Å². The van der Waals surface area contributed by atoms with Gasteiger partial charge in [0.1, 0.15) is 33.3 Å². The summed E-state index contributed by atoms with van der Waals surface area (Å²) in [6.07, 6.45) is 4.70. The van der Waals surface area contributed by atoms with Gasteiger partial charge in [-0.3, -0.25) is 93.6 Å². The first-order valence-corrected chi connectivity index (χ1v) is 38.9. The molecule has 35 nitrogen and oxygen atoms in total. The first-order valence-electron chi connectivity index (χ1n) is 38.9. The summed E-state index contributed by atoms with van der Waals surface area (Å²) in [5.41, 5.74) is -16.2. The number of fused-ring (bicyclic) bond motifs is 5. The molecule has 10 heterocycles. The number of halogens is 11. The van der Waals surface area contributed by atoms with Gasteiger partial charge in [-0.05, 0) is 138 Å². The maximum atomic E-state index is 13.7. The van der Waals surface area contributed by atoms with Crippen molar-refractivity contribution in [2.45, 2.75) is 219 Å². The molecule has 5 N–H and O–H groups in total. The predicted molar refractivity (Wildman–Crippen MR) is 411 cm³/mol. The molecule has 0 aliphatic heterocycles. The van der Waals surface area contributed by atoms with Crippen LogP contribution in [0.2, 0.25) is 0 Å². The monoisotopic (exact) mass is 1700 g/mol. The first kappa shape index (κ1) is 87.6. The Hall–Kier alpha value is -11.7. The molecule has 10 aromatic heterocycles. The summed E-state index contributed by atoms with van der Waals surface area (Å²) in [7, 11) is 6.16. The fourth-order valence-corrected chi connectivity index (χ4v) is 15.0. The lowest BCUT2D eigenvalue weighted by Crippen LogP contribution is -2.41. The van der Waals surface area contributed by atoms with E-state index in [2.05, 4.69) is 31.8 Å². The van der Waals surface area contributed by atoms with Crippen molar-refractivity contribution in [2.24, 2.45) is 63.8 Å². The standard InChI is InChI=1S/C17H20F2N4O3.C15H18F2N4O3.C14H15F3N4O3.2C14H16F2N4O3/c1-22-15(25)10-11(14(24)21-13(20-10)12(18)19)23(16(22)26)8-2-5-17(6-7-17)9-3-4-9;1-15(5-6-15)4-3-7-21-9-8(13(23)20(2)14(21)24)18-11(10(16)17)19-12(9)22;1-20-12(23)7-8(11(22)19-10(18-7)9(15)16)21(13(20)24)6-2-3-14(17)4-5-14;1-19-13(22)8-9(12(21)18-11(17-8)10(15)16)20(14(19)23)6-2-3-7-4-5-7;1-19-13(22)8-9(12(21)18-11(17-8)10(15)16)20(14(19)23)6-5-7-3-2-4-7/h9,12H,2-8H2,1H3,(H,20,21,24);10H,3-7H2,1-2H3,(H,18,19,22);9H,2-6H2,1H3,(H,18,19,22);2*7,10H,2-6H2,1H3,(H,17,18,21). The highest BCUT2D eigenvalue weighted by Crippen LogP contribution is 2.64. The highest BCUT2D eigenvalue weighted by atomic mass is 19.3. The highest BCUT2D eigenvalue weighted by Gasteiger charge is 2.53. The van der Waals surface area contributed by atoms with Crippen molar-refractivity contribution in [3.8, 4) is 0 Å². The van der Waals surface area contributed by atoms with Gasteiger partial charge in [-0.15, -0.1) is 0 Å². The molecule has 6 saturated carbocycles. The Morgan fingerprint density at radius 1 is 0.333 bits per heavy atom. The van der Waals surface area contributed by atoms with Gasteiger partial charge in [0.15, 0.2) is 56.7 Å². The fourth-order valence-electron chi connectivity index (χ4n) is 15.0. The van der Waals surface area contributed by atoms with E-state index in [0.29, 0.717) is 60.3 Å². The third-order valence-electron chi connectivity index (χ3n) is 23.2. The Morgan fingerprint density at radius 2 is 0.600 bits per heavy atom. The number of hydrogen-bond acceptors (Lipinski definition) is 20. The molecule has 0 radical (unpaired) electrons. The molecular weight excluding hydrogens is 1620 g/mol. The summed E-state index contributed by atoms with van der Waals surface area (Å²) in [4.78, 5) is 211. The van der Waals surface area contributed by atoms with Crippen LogP contribution in [0.3, 0.4) is 0 Å². The first-order chi connectivity index (χ1) is 56.6. The highest BCUT2D eigenvalue weighted by molar-refractivity contribution is 5.75. The normalized spacial score (nSPS) is 16.2. The Labute approximate surface area is 664 Å². The lowest BCUT2D eigenvalue weighted by atomic mass is 9.83. The zero-order chi connectivity index (χ0) is 87.4. The van der Waals surface area contributed by atoms with Crippen LogP contribution in [0.1, 0.15) is 209 Å². The second-order valence-electron chi connectivity index (χ2n) is 31.8. The van der Waals surface area contributed by atoms with Crippen LogP contribution in [0.15, 0.2) is 71.9 Å². The van der Waals surface area contributed by atoms with Crippen LogP contribution in [-0.2, 0) is 68.0 Å². The van der Waals surface area contributed by atoms with Crippen LogP contribution < -0.4 is 84.0 Å². The summed E-state index contributed by atoms with van der Waals surface area (Å²) in [5, 5.41) is 0. The molecule has 6 fully saturated rings. The molecule has 120 heavy (non-hydrogen) atoms. The van der Waals surface area contributed by atoms with Crippen molar-refractivity contribution in [1.29, 1.82) is 0 Å². The molecule has 16 rings (SSSR count). The molecule has 10 aromatic rings. The van der Waals surface area contributed by atoms with Gasteiger partial charge in [0.2, 0.25) is 0 Å². The van der Waals surface area contributed by atoms with E-state index >= 15 is 0 Å². The van der Waals surface area contributed by atoms with Crippen LogP contribution in [0.5, 0.6) is 0 Å². The molecule has 46 heteroatoms. The summed E-state index contributed by atoms with van der Waals surface area (Å²) >= 11 is 0. The molecule has 0 atom stereocenters. The zero-order valence-electron chi connectivity index (χ0n) is 65.7.